The van der Waals surface area contributed by atoms with Gasteiger partial charge in [0.15, 0.2) is 0 Å². The van der Waals surface area contributed by atoms with E-state index in [0.29, 0.717) is 44.4 Å². The molecule has 1 saturated heterocycles. The number of unbranched alkanes of at least 4 members (excludes halogenated alkanes) is 1. The van der Waals surface area contributed by atoms with Gasteiger partial charge in [0.1, 0.15) is 11.7 Å². The molecular formula is C27H42BN5O4. The molecule has 4 N–H and O–H groups in total. The summed E-state index contributed by atoms with van der Waals surface area (Å²) in [5.74, 6) is -0.575. The lowest BCUT2D eigenvalue weighted by molar-refractivity contribution is -0.127. The van der Waals surface area contributed by atoms with E-state index in [-0.39, 0.29) is 17.5 Å². The summed E-state index contributed by atoms with van der Waals surface area (Å²) in [7, 11) is -0.547. The number of benzene rings is 1. The van der Waals surface area contributed by atoms with Gasteiger partial charge in [0.25, 0.3) is 5.91 Å². The molecule has 0 spiro atoms. The van der Waals surface area contributed by atoms with E-state index in [2.05, 4.69) is 41.2 Å². The summed E-state index contributed by atoms with van der Waals surface area (Å²) in [6.07, 6.45) is 6.88. The average molecular weight is 511 g/mol. The van der Waals surface area contributed by atoms with E-state index < -0.39 is 19.1 Å². The zero-order valence-electron chi connectivity index (χ0n) is 22.4. The maximum Gasteiger partial charge on any atom is 0.480 e. The number of carbonyl (C=O) groups is 2. The molecule has 1 aliphatic rings. The van der Waals surface area contributed by atoms with Crippen LogP contribution in [0.15, 0.2) is 52.2 Å². The van der Waals surface area contributed by atoms with Crippen molar-refractivity contribution in [3.05, 3.63) is 47.8 Å². The highest BCUT2D eigenvalue weighted by molar-refractivity contribution is 6.47. The van der Waals surface area contributed by atoms with Gasteiger partial charge in [-0.1, -0.05) is 50.6 Å². The number of hydrogen-bond acceptors (Lipinski definition) is 7. The van der Waals surface area contributed by atoms with Crippen LogP contribution in [0.3, 0.4) is 0 Å². The van der Waals surface area contributed by atoms with E-state index >= 15 is 0 Å². The van der Waals surface area contributed by atoms with Gasteiger partial charge in [-0.15, -0.1) is 0 Å². The predicted molar refractivity (Wildman–Crippen MR) is 149 cm³/mol. The third-order valence-corrected chi connectivity index (χ3v) is 6.09. The first kappa shape index (κ1) is 30.4. The quantitative estimate of drug-likeness (QED) is 0.144. The van der Waals surface area contributed by atoms with Crippen LogP contribution in [-0.2, 0) is 25.3 Å². The predicted octanol–water partition coefficient (Wildman–Crippen LogP) is 2.70. The number of carbonyl (C=O) groups excluding carboxylic acids is 2. The molecule has 2 unspecified atom stereocenters. The molecule has 0 bridgehead atoms. The van der Waals surface area contributed by atoms with Gasteiger partial charge in [-0.25, -0.2) is 0 Å². The van der Waals surface area contributed by atoms with Gasteiger partial charge in [-0.05, 0) is 50.9 Å². The maximum atomic E-state index is 13.5. The van der Waals surface area contributed by atoms with E-state index in [1.165, 1.54) is 12.4 Å². The lowest BCUT2D eigenvalue weighted by Crippen LogP contribution is -2.57. The summed E-state index contributed by atoms with van der Waals surface area (Å²) >= 11 is 0. The summed E-state index contributed by atoms with van der Waals surface area (Å²) in [6, 6.07) is 8.69. The van der Waals surface area contributed by atoms with Crippen LogP contribution >= 0.6 is 0 Å². The minimum absolute atomic E-state index is 0.0299. The lowest BCUT2D eigenvalue weighted by Gasteiger charge is -2.33. The van der Waals surface area contributed by atoms with E-state index in [1.807, 2.05) is 30.3 Å². The fourth-order valence-corrected chi connectivity index (χ4v) is 4.17. The SMILES string of the molecule is C=NC(=CN=CC)C(=O)NC(Cc1ccccc1)C(=O)NC(CC(C)C)B1OCC(CCCCN)CO1. The van der Waals surface area contributed by atoms with Gasteiger partial charge in [-0.3, -0.25) is 19.6 Å². The number of amides is 2. The number of hydrogen-bond donors (Lipinski definition) is 3. The number of rotatable bonds is 15. The van der Waals surface area contributed by atoms with Crippen LogP contribution < -0.4 is 16.4 Å². The van der Waals surface area contributed by atoms with Gasteiger partial charge < -0.3 is 25.7 Å². The molecule has 9 nitrogen and oxygen atoms in total. The minimum Gasteiger partial charge on any atom is -0.409 e. The van der Waals surface area contributed by atoms with Crippen molar-refractivity contribution < 1.29 is 18.9 Å². The van der Waals surface area contributed by atoms with Crippen LogP contribution in [-0.4, -0.2) is 63.6 Å². The van der Waals surface area contributed by atoms with Gasteiger partial charge in [0.05, 0.1) is 12.1 Å². The molecule has 10 heteroatoms. The molecule has 1 aromatic rings. The Morgan fingerprint density at radius 1 is 1.19 bits per heavy atom. The number of nitrogens with zero attached hydrogens (tertiary/aromatic N) is 2. The standard InChI is InChI=1S/C27H42BN5O4/c1-5-31-17-24(30-4)27(35)32-23(16-21-11-7-6-8-12-21)26(34)33-25(15-20(2)3)28-36-18-22(19-37-28)13-9-10-14-29/h5-8,11-12,17,20,22-23,25H,4,9-10,13-16,18-19,29H2,1-3H3,(H,32,35)(H,33,34). The smallest absolute Gasteiger partial charge is 0.409 e. The molecule has 202 valence electrons. The summed E-state index contributed by atoms with van der Waals surface area (Å²) in [5.41, 5.74) is 6.55. The maximum absolute atomic E-state index is 13.5. The van der Waals surface area contributed by atoms with Crippen molar-refractivity contribution in [2.24, 2.45) is 27.6 Å². The van der Waals surface area contributed by atoms with Crippen molar-refractivity contribution in [3.8, 4) is 0 Å². The largest absolute Gasteiger partial charge is 0.480 e. The van der Waals surface area contributed by atoms with E-state index in [4.69, 9.17) is 15.0 Å². The van der Waals surface area contributed by atoms with Crippen molar-refractivity contribution in [3.63, 3.8) is 0 Å². The lowest BCUT2D eigenvalue weighted by atomic mass is 9.72. The van der Waals surface area contributed by atoms with Gasteiger partial charge in [0.2, 0.25) is 5.91 Å². The summed E-state index contributed by atoms with van der Waals surface area (Å²) in [5, 5.41) is 5.90. The molecule has 0 aliphatic carbocycles. The van der Waals surface area contributed by atoms with Crippen molar-refractivity contribution in [1.29, 1.82) is 0 Å². The minimum atomic E-state index is -0.840. The normalized spacial score (nSPS) is 16.6. The van der Waals surface area contributed by atoms with Gasteiger partial charge in [0, 0.05) is 31.8 Å². The van der Waals surface area contributed by atoms with Crippen LogP contribution in [0.25, 0.3) is 0 Å². The van der Waals surface area contributed by atoms with Crippen molar-refractivity contribution >= 4 is 31.9 Å². The number of nitrogens with one attached hydrogen (secondary N) is 2. The average Bonchev–Trinajstić information content (AvgIpc) is 2.89. The topological polar surface area (TPSA) is 127 Å². The molecule has 1 fully saturated rings. The Morgan fingerprint density at radius 3 is 2.49 bits per heavy atom. The molecule has 2 amide bonds. The Kier molecular flexibility index (Phi) is 13.8. The first-order valence-electron chi connectivity index (χ1n) is 13.1. The molecule has 1 aromatic carbocycles. The summed E-state index contributed by atoms with van der Waals surface area (Å²) in [4.78, 5) is 34.1. The first-order valence-corrected chi connectivity index (χ1v) is 13.1. The summed E-state index contributed by atoms with van der Waals surface area (Å²) < 4.78 is 12.1. The molecule has 1 heterocycles. The molecule has 2 rings (SSSR count). The van der Waals surface area contributed by atoms with Crippen molar-refractivity contribution in [1.82, 2.24) is 10.6 Å². The summed E-state index contributed by atoms with van der Waals surface area (Å²) in [6.45, 7) is 11.2. The van der Waals surface area contributed by atoms with Crippen LogP contribution in [0.5, 0.6) is 0 Å². The van der Waals surface area contributed by atoms with Crippen LogP contribution in [0.2, 0.25) is 0 Å². The second kappa shape index (κ2) is 16.8. The Labute approximate surface area is 221 Å². The highest BCUT2D eigenvalue weighted by Crippen LogP contribution is 2.20. The molecule has 37 heavy (non-hydrogen) atoms. The van der Waals surface area contributed by atoms with E-state index in [9.17, 15) is 9.59 Å². The third-order valence-electron chi connectivity index (χ3n) is 6.09. The molecule has 2 atom stereocenters. The Balaban J connectivity index is 2.14. The number of aliphatic imine (C=N–C) groups is 2. The van der Waals surface area contributed by atoms with Crippen LogP contribution in [0.4, 0.5) is 0 Å². The van der Waals surface area contributed by atoms with Crippen molar-refractivity contribution in [2.45, 2.75) is 64.9 Å². The second-order valence-corrected chi connectivity index (χ2v) is 9.73. The monoisotopic (exact) mass is 511 g/mol. The van der Waals surface area contributed by atoms with E-state index in [1.54, 1.807) is 6.92 Å². The third kappa shape index (κ3) is 11.0. The molecule has 0 saturated carbocycles. The molecule has 0 radical (unpaired) electrons. The zero-order valence-corrected chi connectivity index (χ0v) is 22.4. The fraction of sp³-hybridized carbons (Fsp3) is 0.556. The molecular weight excluding hydrogens is 469 g/mol. The second-order valence-electron chi connectivity index (χ2n) is 9.73. The van der Waals surface area contributed by atoms with E-state index in [0.717, 1.165) is 24.8 Å². The highest BCUT2D eigenvalue weighted by Gasteiger charge is 2.38. The first-order chi connectivity index (χ1) is 17.9. The molecule has 1 aliphatic heterocycles. The van der Waals surface area contributed by atoms with Gasteiger partial charge in [-0.2, -0.15) is 0 Å². The highest BCUT2D eigenvalue weighted by atomic mass is 16.6. The van der Waals surface area contributed by atoms with Crippen LogP contribution in [0.1, 0.15) is 52.0 Å². The fourth-order valence-electron chi connectivity index (χ4n) is 4.17. The van der Waals surface area contributed by atoms with Crippen molar-refractivity contribution in [2.75, 3.05) is 19.8 Å². The van der Waals surface area contributed by atoms with Gasteiger partial charge >= 0.3 is 7.12 Å². The Bertz CT molecular complexity index is 901. The number of nitrogens with two attached hydrogens (primary N) is 1. The van der Waals surface area contributed by atoms with Crippen LogP contribution in [0, 0.1) is 11.8 Å². The Hall–Kier alpha value is -2.82. The molecule has 0 aromatic heterocycles. The zero-order chi connectivity index (χ0) is 27.0. The Morgan fingerprint density at radius 2 is 1.89 bits per heavy atom.